The van der Waals surface area contributed by atoms with Gasteiger partial charge in [-0.1, -0.05) is 6.07 Å². The Morgan fingerprint density at radius 2 is 2.15 bits per heavy atom. The van der Waals surface area contributed by atoms with E-state index in [0.29, 0.717) is 12.0 Å². The third kappa shape index (κ3) is 4.25. The lowest BCUT2D eigenvalue weighted by Gasteiger charge is -2.28. The highest BCUT2D eigenvalue weighted by Crippen LogP contribution is 2.16. The Morgan fingerprint density at radius 3 is 2.77 bits per heavy atom. The van der Waals surface area contributed by atoms with Crippen LogP contribution in [0.1, 0.15) is 16.9 Å². The molecule has 1 saturated heterocycles. The zero-order valence-electron chi connectivity index (χ0n) is 14.8. The second-order valence-corrected chi connectivity index (χ2v) is 7.37. The van der Waals surface area contributed by atoms with E-state index in [1.54, 1.807) is 29.5 Å². The van der Waals surface area contributed by atoms with Gasteiger partial charge < -0.3 is 14.8 Å². The van der Waals surface area contributed by atoms with E-state index in [9.17, 15) is 14.4 Å². The Bertz CT molecular complexity index is 869. The molecule has 3 rings (SSSR count). The number of amides is 1. The molecule has 1 atom stereocenters. The molecule has 142 valence electrons. The van der Waals surface area contributed by atoms with Crippen molar-refractivity contribution in [3.8, 4) is 0 Å². The molecule has 0 aliphatic carbocycles. The van der Waals surface area contributed by atoms with Gasteiger partial charge in [-0.3, -0.25) is 14.2 Å². The van der Waals surface area contributed by atoms with Crippen LogP contribution in [0.4, 0.5) is 0 Å². The number of carbonyl (C=O) groups is 1. The number of nitrogens with one attached hydrogen (secondary N) is 1. The molecule has 1 unspecified atom stereocenters. The number of hydrogen-bond acceptors (Lipinski definition) is 5. The molecule has 1 fully saturated rings. The van der Waals surface area contributed by atoms with E-state index in [0.717, 1.165) is 29.0 Å². The maximum Gasteiger partial charge on any atom is 0.330 e. The number of hydrogen-bond donors (Lipinski definition) is 1. The number of carbonyl (C=O) groups excluding carboxylic acids is 1. The molecule has 7 nitrogen and oxygen atoms in total. The molecule has 2 aromatic heterocycles. The first-order chi connectivity index (χ1) is 12.0. The number of rotatable bonds is 5. The first kappa shape index (κ1) is 20.4. The molecule has 1 N–H and O–H groups in total. The van der Waals surface area contributed by atoms with Crippen LogP contribution in [0.15, 0.2) is 33.3 Å². The lowest BCUT2D eigenvalue weighted by molar-refractivity contribution is -0.133. The number of aryl methyl sites for hydroxylation is 1. The highest BCUT2D eigenvalue weighted by atomic mass is 35.5. The standard InChI is InChI=1S/C17H22N4O3S.ClH/c1-19-10-12(16(23)20(2)17(19)24)11-21(13-5-6-18-9-13)15(22)8-14-4-3-7-25-14;/h3-4,7,10,13,18H,5-6,8-9,11H2,1-2H3;1H. The van der Waals surface area contributed by atoms with E-state index in [2.05, 4.69) is 5.32 Å². The third-order valence-electron chi connectivity index (χ3n) is 4.56. The van der Waals surface area contributed by atoms with E-state index in [-0.39, 0.29) is 42.1 Å². The predicted molar refractivity (Wildman–Crippen MR) is 104 cm³/mol. The van der Waals surface area contributed by atoms with E-state index in [1.807, 2.05) is 17.5 Å². The maximum atomic E-state index is 12.9. The summed E-state index contributed by atoms with van der Waals surface area (Å²) in [5, 5.41) is 5.22. The van der Waals surface area contributed by atoms with Gasteiger partial charge in [0, 0.05) is 37.8 Å². The van der Waals surface area contributed by atoms with Crippen LogP contribution in [-0.4, -0.2) is 39.1 Å². The van der Waals surface area contributed by atoms with Gasteiger partial charge in [0.15, 0.2) is 0 Å². The minimum Gasteiger partial charge on any atom is -0.333 e. The van der Waals surface area contributed by atoms with Crippen LogP contribution in [0.2, 0.25) is 0 Å². The zero-order chi connectivity index (χ0) is 18.0. The van der Waals surface area contributed by atoms with Crippen molar-refractivity contribution in [2.24, 2.45) is 14.1 Å². The van der Waals surface area contributed by atoms with Crippen molar-refractivity contribution in [3.05, 3.63) is 55.0 Å². The van der Waals surface area contributed by atoms with Crippen molar-refractivity contribution in [2.75, 3.05) is 13.1 Å². The van der Waals surface area contributed by atoms with Crippen molar-refractivity contribution in [2.45, 2.75) is 25.4 Å². The summed E-state index contributed by atoms with van der Waals surface area (Å²) in [5.41, 5.74) is -0.258. The fourth-order valence-electron chi connectivity index (χ4n) is 3.17. The van der Waals surface area contributed by atoms with Crippen LogP contribution in [0.3, 0.4) is 0 Å². The molecule has 26 heavy (non-hydrogen) atoms. The lowest BCUT2D eigenvalue weighted by Crippen LogP contribution is -2.45. The Hall–Kier alpha value is -1.90. The molecule has 1 aliphatic heterocycles. The average molecular weight is 399 g/mol. The van der Waals surface area contributed by atoms with Crippen molar-refractivity contribution >= 4 is 29.7 Å². The summed E-state index contributed by atoms with van der Waals surface area (Å²) in [6.07, 6.45) is 2.74. The first-order valence-corrected chi connectivity index (χ1v) is 9.13. The van der Waals surface area contributed by atoms with Gasteiger partial charge in [0.2, 0.25) is 5.91 Å². The molecule has 0 bridgehead atoms. The van der Waals surface area contributed by atoms with Crippen molar-refractivity contribution in [3.63, 3.8) is 0 Å². The van der Waals surface area contributed by atoms with Gasteiger partial charge in [0.25, 0.3) is 5.56 Å². The number of halogens is 1. The van der Waals surface area contributed by atoms with E-state index < -0.39 is 0 Å². The summed E-state index contributed by atoms with van der Waals surface area (Å²) in [7, 11) is 3.07. The van der Waals surface area contributed by atoms with Crippen LogP contribution in [0, 0.1) is 0 Å². The molecule has 0 radical (unpaired) electrons. The van der Waals surface area contributed by atoms with Crippen molar-refractivity contribution < 1.29 is 4.79 Å². The summed E-state index contributed by atoms with van der Waals surface area (Å²) in [5.74, 6) is 0.00653. The largest absolute Gasteiger partial charge is 0.333 e. The first-order valence-electron chi connectivity index (χ1n) is 8.25. The number of aromatic nitrogens is 2. The molecule has 0 spiro atoms. The maximum absolute atomic E-state index is 12.9. The topological polar surface area (TPSA) is 76.3 Å². The normalized spacial score (nSPS) is 16.3. The average Bonchev–Trinajstić information content (AvgIpc) is 3.28. The van der Waals surface area contributed by atoms with Crippen LogP contribution < -0.4 is 16.6 Å². The smallest absolute Gasteiger partial charge is 0.330 e. The van der Waals surface area contributed by atoms with E-state index >= 15 is 0 Å². The number of nitrogens with zero attached hydrogens (tertiary/aromatic N) is 3. The lowest BCUT2D eigenvalue weighted by atomic mass is 10.1. The Morgan fingerprint density at radius 1 is 1.38 bits per heavy atom. The number of thiophene rings is 1. The van der Waals surface area contributed by atoms with Gasteiger partial charge in [-0.25, -0.2) is 4.79 Å². The molecule has 1 aliphatic rings. The molecular weight excluding hydrogens is 376 g/mol. The zero-order valence-corrected chi connectivity index (χ0v) is 16.4. The van der Waals surface area contributed by atoms with Crippen molar-refractivity contribution in [1.82, 2.24) is 19.4 Å². The second-order valence-electron chi connectivity index (χ2n) is 6.34. The highest BCUT2D eigenvalue weighted by molar-refractivity contribution is 7.10. The molecule has 0 aromatic carbocycles. The van der Waals surface area contributed by atoms with Crippen LogP contribution in [-0.2, 0) is 31.9 Å². The molecule has 2 aromatic rings. The van der Waals surface area contributed by atoms with E-state index in [1.165, 1.54) is 11.6 Å². The molecular formula is C17H23ClN4O3S. The highest BCUT2D eigenvalue weighted by Gasteiger charge is 2.28. The minimum atomic E-state index is -0.368. The monoisotopic (exact) mass is 398 g/mol. The third-order valence-corrected chi connectivity index (χ3v) is 5.44. The Balaban J connectivity index is 0.00000243. The van der Waals surface area contributed by atoms with Gasteiger partial charge >= 0.3 is 5.69 Å². The quantitative estimate of drug-likeness (QED) is 0.795. The SMILES string of the molecule is Cl.Cn1cc(CN(C(=O)Cc2cccs2)C2CCNC2)c(=O)n(C)c1=O. The fraction of sp³-hybridized carbons (Fsp3) is 0.471. The van der Waals surface area contributed by atoms with Gasteiger partial charge in [0.1, 0.15) is 0 Å². The van der Waals surface area contributed by atoms with Gasteiger partial charge in [-0.2, -0.15) is 0 Å². The second kappa shape index (κ2) is 8.66. The summed E-state index contributed by atoms with van der Waals surface area (Å²) in [6.45, 7) is 1.80. The van der Waals surface area contributed by atoms with Crippen molar-refractivity contribution in [1.29, 1.82) is 0 Å². The summed E-state index contributed by atoms with van der Waals surface area (Å²) < 4.78 is 2.47. The van der Waals surface area contributed by atoms with Crippen LogP contribution >= 0.6 is 23.7 Å². The predicted octanol–water partition coefficient (Wildman–Crippen LogP) is 0.500. The van der Waals surface area contributed by atoms with Gasteiger partial charge in [0.05, 0.1) is 18.5 Å². The molecule has 3 heterocycles. The molecule has 0 saturated carbocycles. The summed E-state index contributed by atoms with van der Waals surface area (Å²) in [6, 6.07) is 3.94. The molecule has 9 heteroatoms. The fourth-order valence-corrected chi connectivity index (χ4v) is 3.86. The Kier molecular flexibility index (Phi) is 6.80. The van der Waals surface area contributed by atoms with Gasteiger partial charge in [-0.15, -0.1) is 23.7 Å². The Labute approximate surface area is 161 Å². The summed E-state index contributed by atoms with van der Waals surface area (Å²) in [4.78, 5) is 40.0. The molecule has 1 amide bonds. The van der Waals surface area contributed by atoms with Gasteiger partial charge in [-0.05, 0) is 24.4 Å². The minimum absolute atomic E-state index is 0. The van der Waals surface area contributed by atoms with Crippen LogP contribution in [0.25, 0.3) is 0 Å². The summed E-state index contributed by atoms with van der Waals surface area (Å²) >= 11 is 1.55. The van der Waals surface area contributed by atoms with E-state index in [4.69, 9.17) is 0 Å². The van der Waals surface area contributed by atoms with Crippen LogP contribution in [0.5, 0.6) is 0 Å².